The average Bonchev–Trinajstić information content (AvgIpc) is 2.69. The van der Waals surface area contributed by atoms with Crippen LogP contribution < -0.4 is 11.2 Å². The van der Waals surface area contributed by atoms with Gasteiger partial charge in [-0.15, -0.1) is 11.3 Å². The Hall–Kier alpha value is -1.95. The van der Waals surface area contributed by atoms with Crippen LogP contribution >= 0.6 is 11.3 Å². The summed E-state index contributed by atoms with van der Waals surface area (Å²) in [6.07, 6.45) is 1.22. The number of fused-ring (bicyclic) bond motifs is 1. The Kier molecular flexibility index (Phi) is 2.82. The summed E-state index contributed by atoms with van der Waals surface area (Å²) in [4.78, 5) is 10.4. The highest BCUT2D eigenvalue weighted by Gasteiger charge is 2.06. The Bertz CT molecular complexity index is 564. The molecule has 0 bridgehead atoms. The number of nitrogens with two attached hydrogens (primary N) is 1. The summed E-state index contributed by atoms with van der Waals surface area (Å²) in [6, 6.07) is 4.44. The number of hydrogen-bond acceptors (Lipinski definition) is 3. The number of urea groups is 1. The zero-order chi connectivity index (χ0) is 11.5. The molecule has 0 radical (unpaired) electrons. The van der Waals surface area contributed by atoms with E-state index in [1.165, 1.54) is 17.6 Å². The number of benzene rings is 1. The topological polar surface area (TPSA) is 67.5 Å². The second-order valence-corrected chi connectivity index (χ2v) is 3.96. The minimum atomic E-state index is -0.783. The van der Waals surface area contributed by atoms with Crippen molar-refractivity contribution in [3.63, 3.8) is 0 Å². The minimum absolute atomic E-state index is 0.309. The zero-order valence-electron chi connectivity index (χ0n) is 8.11. The van der Waals surface area contributed by atoms with Crippen LogP contribution in [-0.4, -0.2) is 12.2 Å². The maximum absolute atomic E-state index is 13.8. The summed E-state index contributed by atoms with van der Waals surface area (Å²) >= 11 is 1.32. The van der Waals surface area contributed by atoms with E-state index in [1.54, 1.807) is 12.1 Å². The van der Waals surface area contributed by atoms with Crippen molar-refractivity contribution in [1.82, 2.24) is 5.43 Å². The molecule has 2 aromatic rings. The molecule has 0 aliphatic carbocycles. The van der Waals surface area contributed by atoms with Crippen molar-refractivity contribution in [2.75, 3.05) is 0 Å². The van der Waals surface area contributed by atoms with Gasteiger partial charge in [0.2, 0.25) is 0 Å². The molecule has 1 aromatic carbocycles. The van der Waals surface area contributed by atoms with Gasteiger partial charge >= 0.3 is 6.03 Å². The number of halogens is 1. The molecule has 4 nitrogen and oxygen atoms in total. The first-order chi connectivity index (χ1) is 7.68. The lowest BCUT2D eigenvalue weighted by Gasteiger charge is -1.97. The number of thiophene rings is 1. The van der Waals surface area contributed by atoms with Crippen molar-refractivity contribution >= 4 is 33.7 Å². The SMILES string of the molecule is NC(=O)NN=Cc1ccc2ccsc2c1F. The molecule has 6 heteroatoms. The Labute approximate surface area is 94.6 Å². The first-order valence-electron chi connectivity index (χ1n) is 4.42. The quantitative estimate of drug-likeness (QED) is 0.609. The van der Waals surface area contributed by atoms with Gasteiger partial charge in [-0.2, -0.15) is 5.10 Å². The van der Waals surface area contributed by atoms with Gasteiger partial charge in [0.05, 0.1) is 10.9 Å². The van der Waals surface area contributed by atoms with Crippen LogP contribution in [-0.2, 0) is 0 Å². The summed E-state index contributed by atoms with van der Waals surface area (Å²) in [5.74, 6) is -0.345. The maximum atomic E-state index is 13.8. The largest absolute Gasteiger partial charge is 0.350 e. The second kappa shape index (κ2) is 4.28. The number of hydrogen-bond donors (Lipinski definition) is 2. The lowest BCUT2D eigenvalue weighted by Crippen LogP contribution is -2.24. The molecule has 0 fully saturated rings. The summed E-state index contributed by atoms with van der Waals surface area (Å²) in [6.45, 7) is 0. The smallest absolute Gasteiger partial charge is 0.332 e. The molecule has 0 atom stereocenters. The highest BCUT2D eigenvalue weighted by atomic mass is 32.1. The first kappa shape index (κ1) is 10.6. The van der Waals surface area contributed by atoms with Crippen LogP contribution in [0.15, 0.2) is 28.7 Å². The fourth-order valence-electron chi connectivity index (χ4n) is 1.28. The van der Waals surface area contributed by atoms with E-state index in [0.717, 1.165) is 5.39 Å². The van der Waals surface area contributed by atoms with Gasteiger partial charge in [-0.1, -0.05) is 6.07 Å². The molecule has 1 heterocycles. The van der Waals surface area contributed by atoms with Crippen molar-refractivity contribution in [3.05, 3.63) is 35.0 Å². The molecule has 3 N–H and O–H groups in total. The van der Waals surface area contributed by atoms with Gasteiger partial charge in [0.1, 0.15) is 5.82 Å². The molecule has 2 rings (SSSR count). The Morgan fingerprint density at radius 1 is 1.50 bits per heavy atom. The number of nitrogens with zero attached hydrogens (tertiary/aromatic N) is 1. The minimum Gasteiger partial charge on any atom is -0.350 e. The molecular formula is C10H8FN3OS. The molecule has 0 aliphatic heterocycles. The van der Waals surface area contributed by atoms with Crippen molar-refractivity contribution < 1.29 is 9.18 Å². The van der Waals surface area contributed by atoms with Gasteiger partial charge in [0.25, 0.3) is 0 Å². The van der Waals surface area contributed by atoms with Gasteiger partial charge in [-0.3, -0.25) is 0 Å². The zero-order valence-corrected chi connectivity index (χ0v) is 8.92. The number of amides is 2. The molecule has 0 unspecified atom stereocenters. The molecule has 16 heavy (non-hydrogen) atoms. The molecule has 2 amide bonds. The van der Waals surface area contributed by atoms with E-state index < -0.39 is 6.03 Å². The van der Waals surface area contributed by atoms with E-state index in [0.29, 0.717) is 10.3 Å². The number of carbonyl (C=O) groups is 1. The average molecular weight is 237 g/mol. The van der Waals surface area contributed by atoms with Crippen LogP contribution in [0.3, 0.4) is 0 Å². The third-order valence-corrected chi connectivity index (χ3v) is 2.89. The van der Waals surface area contributed by atoms with Crippen LogP contribution in [0.1, 0.15) is 5.56 Å². The Morgan fingerprint density at radius 2 is 2.31 bits per heavy atom. The van der Waals surface area contributed by atoms with Gasteiger partial charge < -0.3 is 5.73 Å². The Balaban J connectivity index is 2.34. The fourth-order valence-corrected chi connectivity index (χ4v) is 2.12. The lowest BCUT2D eigenvalue weighted by molar-refractivity contribution is 0.249. The predicted octanol–water partition coefficient (Wildman–Crippen LogP) is 2.04. The van der Waals surface area contributed by atoms with Crippen LogP contribution in [0.5, 0.6) is 0 Å². The van der Waals surface area contributed by atoms with Crippen molar-refractivity contribution in [1.29, 1.82) is 0 Å². The van der Waals surface area contributed by atoms with Crippen LogP contribution in [0.2, 0.25) is 0 Å². The van der Waals surface area contributed by atoms with Crippen LogP contribution in [0.25, 0.3) is 10.1 Å². The molecule has 0 aliphatic rings. The predicted molar refractivity (Wildman–Crippen MR) is 62.1 cm³/mol. The van der Waals surface area contributed by atoms with E-state index in [4.69, 9.17) is 5.73 Å². The third-order valence-electron chi connectivity index (χ3n) is 1.97. The summed E-state index contributed by atoms with van der Waals surface area (Å²) in [7, 11) is 0. The van der Waals surface area contributed by atoms with Crippen molar-refractivity contribution in [2.24, 2.45) is 10.8 Å². The molecule has 1 aromatic heterocycles. The molecule has 82 valence electrons. The highest BCUT2D eigenvalue weighted by molar-refractivity contribution is 7.17. The molecule has 0 spiro atoms. The first-order valence-corrected chi connectivity index (χ1v) is 5.30. The molecular weight excluding hydrogens is 229 g/mol. The van der Waals surface area contributed by atoms with Gasteiger partial charge in [0.15, 0.2) is 0 Å². The summed E-state index contributed by atoms with van der Waals surface area (Å²) < 4.78 is 14.4. The standard InChI is InChI=1S/C10H8FN3OS/c11-8-7(5-13-14-10(12)15)2-1-6-3-4-16-9(6)8/h1-5H,(H3,12,14,15). The highest BCUT2D eigenvalue weighted by Crippen LogP contribution is 2.25. The third kappa shape index (κ3) is 2.01. The molecule has 0 saturated heterocycles. The summed E-state index contributed by atoms with van der Waals surface area (Å²) in [5, 5.41) is 6.17. The van der Waals surface area contributed by atoms with Crippen LogP contribution in [0.4, 0.5) is 9.18 Å². The number of hydrazone groups is 1. The fraction of sp³-hybridized carbons (Fsp3) is 0. The van der Waals surface area contributed by atoms with E-state index in [9.17, 15) is 9.18 Å². The van der Waals surface area contributed by atoms with Gasteiger partial charge in [-0.05, 0) is 22.9 Å². The summed E-state index contributed by atoms with van der Waals surface area (Å²) in [5.41, 5.74) is 7.13. The van der Waals surface area contributed by atoms with Crippen molar-refractivity contribution in [3.8, 4) is 0 Å². The number of rotatable bonds is 2. The number of primary amides is 1. The molecule has 0 saturated carbocycles. The number of carbonyl (C=O) groups excluding carboxylic acids is 1. The maximum Gasteiger partial charge on any atom is 0.332 e. The van der Waals surface area contributed by atoms with Gasteiger partial charge in [0, 0.05) is 5.56 Å². The second-order valence-electron chi connectivity index (χ2n) is 3.04. The van der Waals surface area contributed by atoms with E-state index in [1.807, 2.05) is 16.9 Å². The Morgan fingerprint density at radius 3 is 3.06 bits per heavy atom. The van der Waals surface area contributed by atoms with Crippen molar-refractivity contribution in [2.45, 2.75) is 0 Å². The van der Waals surface area contributed by atoms with E-state index >= 15 is 0 Å². The lowest BCUT2D eigenvalue weighted by atomic mass is 10.2. The number of nitrogens with one attached hydrogen (secondary N) is 1. The normalized spacial score (nSPS) is 11.1. The van der Waals surface area contributed by atoms with Gasteiger partial charge in [-0.25, -0.2) is 14.6 Å². The van der Waals surface area contributed by atoms with E-state index in [2.05, 4.69) is 5.10 Å². The van der Waals surface area contributed by atoms with Crippen LogP contribution in [0, 0.1) is 5.82 Å². The monoisotopic (exact) mass is 237 g/mol. The van der Waals surface area contributed by atoms with E-state index in [-0.39, 0.29) is 5.82 Å².